The standard InChI is InChI=1S/C13H21N7O/c1-4-5-10(8-21-3)16-12-17-11(14-2)18-13(19-12)20-7-6-15-9-20/h6-7,9-10H,4-5,8H2,1-3H3,(H2,14,16,17,18,19). The molecule has 0 aliphatic carbocycles. The van der Waals surface area contributed by atoms with Crippen molar-refractivity contribution in [3.05, 3.63) is 18.7 Å². The largest absolute Gasteiger partial charge is 0.383 e. The molecule has 0 aromatic carbocycles. The topological polar surface area (TPSA) is 89.8 Å². The maximum Gasteiger partial charge on any atom is 0.241 e. The van der Waals surface area contributed by atoms with E-state index in [2.05, 4.69) is 37.5 Å². The monoisotopic (exact) mass is 291 g/mol. The second-order valence-corrected chi connectivity index (χ2v) is 4.59. The number of imidazole rings is 1. The van der Waals surface area contributed by atoms with Gasteiger partial charge in [0.05, 0.1) is 12.6 Å². The van der Waals surface area contributed by atoms with Gasteiger partial charge in [-0.1, -0.05) is 13.3 Å². The highest BCUT2D eigenvalue weighted by atomic mass is 16.5. The smallest absolute Gasteiger partial charge is 0.241 e. The summed E-state index contributed by atoms with van der Waals surface area (Å²) in [6.07, 6.45) is 7.16. The first-order valence-electron chi connectivity index (χ1n) is 6.94. The van der Waals surface area contributed by atoms with E-state index < -0.39 is 0 Å². The second-order valence-electron chi connectivity index (χ2n) is 4.59. The molecule has 0 radical (unpaired) electrons. The third-order valence-corrected chi connectivity index (χ3v) is 2.92. The van der Waals surface area contributed by atoms with E-state index in [9.17, 15) is 0 Å². The number of anilines is 2. The van der Waals surface area contributed by atoms with Gasteiger partial charge in [-0.3, -0.25) is 4.57 Å². The Morgan fingerprint density at radius 3 is 2.71 bits per heavy atom. The lowest BCUT2D eigenvalue weighted by atomic mass is 10.2. The normalized spacial score (nSPS) is 12.1. The minimum absolute atomic E-state index is 0.169. The molecular formula is C13H21N7O. The van der Waals surface area contributed by atoms with Crippen molar-refractivity contribution in [1.82, 2.24) is 24.5 Å². The molecule has 2 heterocycles. The predicted molar refractivity (Wildman–Crippen MR) is 80.7 cm³/mol. The van der Waals surface area contributed by atoms with Gasteiger partial charge in [0.2, 0.25) is 17.8 Å². The summed E-state index contributed by atoms with van der Waals surface area (Å²) in [6, 6.07) is 0.169. The first-order valence-corrected chi connectivity index (χ1v) is 6.94. The van der Waals surface area contributed by atoms with Gasteiger partial charge in [-0.25, -0.2) is 4.98 Å². The van der Waals surface area contributed by atoms with Crippen LogP contribution in [0.15, 0.2) is 18.7 Å². The molecule has 8 nitrogen and oxygen atoms in total. The predicted octanol–water partition coefficient (Wildman–Crippen LogP) is 1.33. The molecule has 114 valence electrons. The number of hydrogen-bond donors (Lipinski definition) is 2. The fraction of sp³-hybridized carbons (Fsp3) is 0.538. The summed E-state index contributed by atoms with van der Waals surface area (Å²) in [7, 11) is 3.46. The van der Waals surface area contributed by atoms with Crippen molar-refractivity contribution in [3.63, 3.8) is 0 Å². The number of nitrogens with zero attached hydrogens (tertiary/aromatic N) is 5. The molecule has 0 bridgehead atoms. The molecular weight excluding hydrogens is 270 g/mol. The van der Waals surface area contributed by atoms with Gasteiger partial charge in [-0.2, -0.15) is 15.0 Å². The van der Waals surface area contributed by atoms with Gasteiger partial charge in [-0.15, -0.1) is 0 Å². The fourth-order valence-corrected chi connectivity index (χ4v) is 1.96. The molecule has 0 spiro atoms. The third kappa shape index (κ3) is 4.12. The molecule has 8 heteroatoms. The zero-order valence-corrected chi connectivity index (χ0v) is 12.6. The zero-order chi connectivity index (χ0) is 15.1. The Kier molecular flexibility index (Phi) is 5.44. The Morgan fingerprint density at radius 1 is 1.29 bits per heavy atom. The molecule has 0 amide bonds. The van der Waals surface area contributed by atoms with Crippen LogP contribution in [0.5, 0.6) is 0 Å². The molecule has 1 unspecified atom stereocenters. The summed E-state index contributed by atoms with van der Waals surface area (Å²) in [5.74, 6) is 1.54. The quantitative estimate of drug-likeness (QED) is 0.758. The van der Waals surface area contributed by atoms with Crippen molar-refractivity contribution in [2.75, 3.05) is 31.4 Å². The van der Waals surface area contributed by atoms with E-state index in [1.807, 2.05) is 0 Å². The summed E-state index contributed by atoms with van der Waals surface area (Å²) >= 11 is 0. The molecule has 1 atom stereocenters. The van der Waals surface area contributed by atoms with Gasteiger partial charge in [0.25, 0.3) is 0 Å². The SMILES string of the molecule is CCCC(COC)Nc1nc(NC)nc(-n2ccnc2)n1. The van der Waals surface area contributed by atoms with Crippen LogP contribution in [0.4, 0.5) is 11.9 Å². The Balaban J connectivity index is 2.23. The summed E-state index contributed by atoms with van der Waals surface area (Å²) in [6.45, 7) is 2.74. The van der Waals surface area contributed by atoms with Gasteiger partial charge >= 0.3 is 0 Å². The van der Waals surface area contributed by atoms with E-state index in [1.165, 1.54) is 0 Å². The van der Waals surface area contributed by atoms with Crippen LogP contribution in [0.25, 0.3) is 5.95 Å². The molecule has 0 aliphatic rings. The van der Waals surface area contributed by atoms with Crippen LogP contribution in [-0.4, -0.2) is 51.3 Å². The number of hydrogen-bond acceptors (Lipinski definition) is 7. The van der Waals surface area contributed by atoms with Crippen molar-refractivity contribution >= 4 is 11.9 Å². The number of methoxy groups -OCH3 is 1. The molecule has 21 heavy (non-hydrogen) atoms. The molecule has 0 fully saturated rings. The molecule has 0 saturated heterocycles. The van der Waals surface area contributed by atoms with E-state index in [0.717, 1.165) is 12.8 Å². The Labute approximate surface area is 124 Å². The average Bonchev–Trinajstić information content (AvgIpc) is 3.01. The van der Waals surface area contributed by atoms with Crippen molar-refractivity contribution in [2.45, 2.75) is 25.8 Å². The first kappa shape index (κ1) is 15.2. The fourth-order valence-electron chi connectivity index (χ4n) is 1.96. The number of nitrogens with one attached hydrogen (secondary N) is 2. The van der Waals surface area contributed by atoms with Crippen molar-refractivity contribution < 1.29 is 4.74 Å². The molecule has 0 saturated carbocycles. The van der Waals surface area contributed by atoms with E-state index in [0.29, 0.717) is 24.5 Å². The second kappa shape index (κ2) is 7.53. The minimum atomic E-state index is 0.169. The van der Waals surface area contributed by atoms with Gasteiger partial charge in [0.1, 0.15) is 6.33 Å². The third-order valence-electron chi connectivity index (χ3n) is 2.92. The van der Waals surface area contributed by atoms with E-state index in [4.69, 9.17) is 4.74 Å². The van der Waals surface area contributed by atoms with E-state index in [1.54, 1.807) is 37.4 Å². The lowest BCUT2D eigenvalue weighted by Crippen LogP contribution is -2.26. The average molecular weight is 291 g/mol. The number of ether oxygens (including phenoxy) is 1. The van der Waals surface area contributed by atoms with Crippen LogP contribution in [0.1, 0.15) is 19.8 Å². The van der Waals surface area contributed by atoms with Crippen LogP contribution in [0.2, 0.25) is 0 Å². The number of aromatic nitrogens is 5. The molecule has 0 aliphatic heterocycles. The summed E-state index contributed by atoms with van der Waals surface area (Å²) in [4.78, 5) is 17.1. The lowest BCUT2D eigenvalue weighted by molar-refractivity contribution is 0.182. The lowest BCUT2D eigenvalue weighted by Gasteiger charge is -2.17. The Bertz CT molecular complexity index is 537. The minimum Gasteiger partial charge on any atom is -0.383 e. The summed E-state index contributed by atoms with van der Waals surface area (Å²) < 4.78 is 6.96. The first-order chi connectivity index (χ1) is 10.3. The van der Waals surface area contributed by atoms with E-state index >= 15 is 0 Å². The molecule has 2 aromatic heterocycles. The summed E-state index contributed by atoms with van der Waals surface area (Å²) in [5.41, 5.74) is 0. The van der Waals surface area contributed by atoms with Gasteiger partial charge in [0.15, 0.2) is 0 Å². The van der Waals surface area contributed by atoms with Gasteiger partial charge < -0.3 is 15.4 Å². The van der Waals surface area contributed by atoms with Crippen molar-refractivity contribution in [3.8, 4) is 5.95 Å². The maximum atomic E-state index is 5.22. The summed E-state index contributed by atoms with van der Waals surface area (Å²) in [5, 5.41) is 6.24. The van der Waals surface area contributed by atoms with Crippen LogP contribution < -0.4 is 10.6 Å². The highest BCUT2D eigenvalue weighted by Crippen LogP contribution is 2.11. The van der Waals surface area contributed by atoms with Crippen LogP contribution in [-0.2, 0) is 4.74 Å². The van der Waals surface area contributed by atoms with Gasteiger partial charge in [-0.05, 0) is 6.42 Å². The molecule has 2 N–H and O–H groups in total. The molecule has 2 rings (SSSR count). The number of rotatable bonds is 8. The highest BCUT2D eigenvalue weighted by Gasteiger charge is 2.12. The van der Waals surface area contributed by atoms with Crippen LogP contribution >= 0.6 is 0 Å². The van der Waals surface area contributed by atoms with E-state index in [-0.39, 0.29) is 6.04 Å². The highest BCUT2D eigenvalue weighted by molar-refractivity contribution is 5.38. The zero-order valence-electron chi connectivity index (χ0n) is 12.6. The molecule has 2 aromatic rings. The Morgan fingerprint density at radius 2 is 2.10 bits per heavy atom. The van der Waals surface area contributed by atoms with Gasteiger partial charge in [0, 0.05) is 26.6 Å². The van der Waals surface area contributed by atoms with Crippen LogP contribution in [0.3, 0.4) is 0 Å². The van der Waals surface area contributed by atoms with Crippen LogP contribution in [0, 0.1) is 0 Å². The van der Waals surface area contributed by atoms with Crippen molar-refractivity contribution in [1.29, 1.82) is 0 Å². The van der Waals surface area contributed by atoms with Crippen molar-refractivity contribution in [2.24, 2.45) is 0 Å². The maximum absolute atomic E-state index is 5.22. The Hall–Kier alpha value is -2.22.